The minimum atomic E-state index is -0.850. The molecule has 0 heterocycles. The van der Waals surface area contributed by atoms with Crippen LogP contribution in [0.5, 0.6) is 5.75 Å². The fourth-order valence-corrected chi connectivity index (χ4v) is 3.86. The van der Waals surface area contributed by atoms with Gasteiger partial charge >= 0.3 is 0 Å². The monoisotopic (exact) mass is 482 g/mol. The number of carbonyl (C=O) groups is 2. The molecule has 0 radical (unpaired) electrons. The second-order valence-corrected chi connectivity index (χ2v) is 8.47. The summed E-state index contributed by atoms with van der Waals surface area (Å²) in [5.41, 5.74) is 2.86. The van der Waals surface area contributed by atoms with Crippen LogP contribution in [0, 0.1) is 19.7 Å². The van der Waals surface area contributed by atoms with Crippen molar-refractivity contribution in [3.05, 3.63) is 99.8 Å². The van der Waals surface area contributed by atoms with Gasteiger partial charge in [-0.1, -0.05) is 60.1 Å². The fourth-order valence-electron chi connectivity index (χ4n) is 3.75. The van der Waals surface area contributed by atoms with E-state index in [0.29, 0.717) is 16.3 Å². The Hall–Kier alpha value is -3.38. The van der Waals surface area contributed by atoms with Gasteiger partial charge in [0.2, 0.25) is 5.91 Å². The molecule has 1 N–H and O–H groups in total. The van der Waals surface area contributed by atoms with E-state index in [1.54, 1.807) is 30.3 Å². The van der Waals surface area contributed by atoms with Gasteiger partial charge in [0.25, 0.3) is 5.91 Å². The van der Waals surface area contributed by atoms with E-state index < -0.39 is 17.8 Å². The zero-order valence-corrected chi connectivity index (χ0v) is 20.2. The van der Waals surface area contributed by atoms with Crippen LogP contribution in [-0.4, -0.2) is 36.4 Å². The number of carbonyl (C=O) groups excluding carboxylic acids is 2. The third-order valence-corrected chi connectivity index (χ3v) is 6.18. The standard InChI is InChI=1S/C27H28ClFN2O3/c1-18-13-22(14-19(2)26(18)28)34-17-25(32)31(16-21-11-7-8-12-23(21)29)24(27(33)30-3)15-20-9-5-4-6-10-20/h4-14,24H,15-17H2,1-3H3,(H,30,33). The summed E-state index contributed by atoms with van der Waals surface area (Å²) in [7, 11) is 1.52. The van der Waals surface area contributed by atoms with E-state index in [2.05, 4.69) is 5.32 Å². The third kappa shape index (κ3) is 6.35. The third-order valence-electron chi connectivity index (χ3n) is 5.59. The van der Waals surface area contributed by atoms with Crippen molar-refractivity contribution in [2.45, 2.75) is 32.9 Å². The van der Waals surface area contributed by atoms with Gasteiger partial charge in [0.1, 0.15) is 17.6 Å². The minimum absolute atomic E-state index is 0.0710. The van der Waals surface area contributed by atoms with Crippen LogP contribution >= 0.6 is 11.6 Å². The Labute approximate surface area is 204 Å². The van der Waals surface area contributed by atoms with Crippen LogP contribution < -0.4 is 10.1 Å². The molecule has 1 unspecified atom stereocenters. The van der Waals surface area contributed by atoms with Gasteiger partial charge in [-0.3, -0.25) is 9.59 Å². The lowest BCUT2D eigenvalue weighted by Gasteiger charge is -2.31. The van der Waals surface area contributed by atoms with Crippen molar-refractivity contribution >= 4 is 23.4 Å². The molecule has 34 heavy (non-hydrogen) atoms. The van der Waals surface area contributed by atoms with Crippen molar-refractivity contribution in [3.8, 4) is 5.75 Å². The van der Waals surface area contributed by atoms with Gasteiger partial charge in [0.15, 0.2) is 6.61 Å². The summed E-state index contributed by atoms with van der Waals surface area (Å²) in [5.74, 6) is -0.719. The minimum Gasteiger partial charge on any atom is -0.484 e. The van der Waals surface area contributed by atoms with Crippen molar-refractivity contribution in [3.63, 3.8) is 0 Å². The van der Waals surface area contributed by atoms with E-state index in [9.17, 15) is 14.0 Å². The van der Waals surface area contributed by atoms with Crippen molar-refractivity contribution in [2.24, 2.45) is 0 Å². The van der Waals surface area contributed by atoms with Crippen molar-refractivity contribution in [1.82, 2.24) is 10.2 Å². The number of nitrogens with zero attached hydrogens (tertiary/aromatic N) is 1. The summed E-state index contributed by atoms with van der Waals surface area (Å²) in [6.45, 7) is 3.33. The highest BCUT2D eigenvalue weighted by Gasteiger charge is 2.30. The molecule has 0 spiro atoms. The number of benzene rings is 3. The number of likely N-dealkylation sites (N-methyl/N-ethyl adjacent to an activating group) is 1. The van der Waals surface area contributed by atoms with Crippen molar-refractivity contribution in [1.29, 1.82) is 0 Å². The van der Waals surface area contributed by atoms with Crippen LogP contribution in [0.4, 0.5) is 4.39 Å². The molecule has 3 rings (SSSR count). The number of rotatable bonds is 9. The quantitative estimate of drug-likeness (QED) is 0.474. The van der Waals surface area contributed by atoms with E-state index in [-0.39, 0.29) is 25.5 Å². The van der Waals surface area contributed by atoms with Gasteiger partial charge in [-0.05, 0) is 48.7 Å². The summed E-state index contributed by atoms with van der Waals surface area (Å²) in [6, 6.07) is 18.3. The lowest BCUT2D eigenvalue weighted by atomic mass is 10.0. The van der Waals surface area contributed by atoms with Crippen LogP contribution in [0.3, 0.4) is 0 Å². The number of amides is 2. The van der Waals surface area contributed by atoms with E-state index in [1.165, 1.54) is 18.0 Å². The number of aryl methyl sites for hydroxylation is 2. The van der Waals surface area contributed by atoms with Gasteiger partial charge in [0.05, 0.1) is 0 Å². The van der Waals surface area contributed by atoms with Gasteiger partial charge in [-0.25, -0.2) is 4.39 Å². The Balaban J connectivity index is 1.90. The first-order valence-electron chi connectivity index (χ1n) is 11.0. The molecule has 0 aliphatic heterocycles. The summed E-state index contributed by atoms with van der Waals surface area (Å²) in [5, 5.41) is 3.28. The van der Waals surface area contributed by atoms with Gasteiger partial charge in [0, 0.05) is 30.6 Å². The highest BCUT2D eigenvalue weighted by atomic mass is 35.5. The van der Waals surface area contributed by atoms with Gasteiger partial charge in [-0.15, -0.1) is 0 Å². The summed E-state index contributed by atoms with van der Waals surface area (Å²) >= 11 is 6.23. The molecule has 1 atom stereocenters. The maximum Gasteiger partial charge on any atom is 0.261 e. The molecule has 2 amide bonds. The van der Waals surface area contributed by atoms with Gasteiger partial charge < -0.3 is 15.0 Å². The number of halogens is 2. The van der Waals surface area contributed by atoms with Crippen LogP contribution in [0.1, 0.15) is 22.3 Å². The molecule has 3 aromatic carbocycles. The Bertz CT molecular complexity index is 1130. The number of hydrogen-bond donors (Lipinski definition) is 1. The largest absolute Gasteiger partial charge is 0.484 e. The Kier molecular flexibility index (Phi) is 8.66. The molecular weight excluding hydrogens is 455 g/mol. The molecule has 0 aliphatic carbocycles. The Morgan fingerprint density at radius 1 is 1.03 bits per heavy atom. The molecule has 0 fully saturated rings. The molecule has 0 aromatic heterocycles. The molecule has 5 nitrogen and oxygen atoms in total. The fraction of sp³-hybridized carbons (Fsp3) is 0.259. The molecular formula is C27H28ClFN2O3. The van der Waals surface area contributed by atoms with E-state index in [1.807, 2.05) is 44.2 Å². The first kappa shape index (κ1) is 25.2. The van der Waals surface area contributed by atoms with E-state index in [4.69, 9.17) is 16.3 Å². The molecule has 0 bridgehead atoms. The first-order valence-corrected chi connectivity index (χ1v) is 11.4. The SMILES string of the molecule is CNC(=O)C(Cc1ccccc1)N(Cc1ccccc1F)C(=O)COc1cc(C)c(Cl)c(C)c1. The highest BCUT2D eigenvalue weighted by molar-refractivity contribution is 6.32. The average Bonchev–Trinajstić information content (AvgIpc) is 2.84. The summed E-state index contributed by atoms with van der Waals surface area (Å²) < 4.78 is 20.3. The molecule has 0 saturated carbocycles. The molecule has 0 aliphatic rings. The predicted molar refractivity (Wildman–Crippen MR) is 131 cm³/mol. The molecule has 3 aromatic rings. The van der Waals surface area contributed by atoms with Gasteiger partial charge in [-0.2, -0.15) is 0 Å². The van der Waals surface area contributed by atoms with Crippen molar-refractivity contribution < 1.29 is 18.7 Å². The van der Waals surface area contributed by atoms with E-state index >= 15 is 0 Å². The van der Waals surface area contributed by atoms with Crippen molar-refractivity contribution in [2.75, 3.05) is 13.7 Å². The zero-order chi connectivity index (χ0) is 24.7. The maximum atomic E-state index is 14.5. The number of ether oxygens (including phenoxy) is 1. The Morgan fingerprint density at radius 3 is 2.26 bits per heavy atom. The summed E-state index contributed by atoms with van der Waals surface area (Å²) in [4.78, 5) is 27.7. The Morgan fingerprint density at radius 2 is 1.65 bits per heavy atom. The number of hydrogen-bond acceptors (Lipinski definition) is 3. The van der Waals surface area contributed by atoms with Crippen LogP contribution in [0.15, 0.2) is 66.7 Å². The second kappa shape index (κ2) is 11.7. The molecule has 7 heteroatoms. The first-order chi connectivity index (χ1) is 16.3. The lowest BCUT2D eigenvalue weighted by molar-refractivity contribution is -0.142. The molecule has 0 saturated heterocycles. The van der Waals surface area contributed by atoms with Crippen LogP contribution in [0.2, 0.25) is 5.02 Å². The predicted octanol–water partition coefficient (Wildman–Crippen LogP) is 4.86. The van der Waals surface area contributed by atoms with Crippen LogP contribution in [0.25, 0.3) is 0 Å². The second-order valence-electron chi connectivity index (χ2n) is 8.09. The number of nitrogens with one attached hydrogen (secondary N) is 1. The molecule has 178 valence electrons. The topological polar surface area (TPSA) is 58.6 Å². The maximum absolute atomic E-state index is 14.5. The summed E-state index contributed by atoms with van der Waals surface area (Å²) in [6.07, 6.45) is 0.278. The van der Waals surface area contributed by atoms with E-state index in [0.717, 1.165) is 16.7 Å². The lowest BCUT2D eigenvalue weighted by Crippen LogP contribution is -2.51. The normalized spacial score (nSPS) is 11.6. The zero-order valence-electron chi connectivity index (χ0n) is 19.5. The average molecular weight is 483 g/mol. The van der Waals surface area contributed by atoms with Crippen LogP contribution in [-0.2, 0) is 22.6 Å². The smallest absolute Gasteiger partial charge is 0.261 e. The highest BCUT2D eigenvalue weighted by Crippen LogP contribution is 2.26.